The molecule has 2 aromatic rings. The van der Waals surface area contributed by atoms with Gasteiger partial charge in [0.1, 0.15) is 18.0 Å². The van der Waals surface area contributed by atoms with Crippen LogP contribution >= 0.6 is 0 Å². The highest BCUT2D eigenvalue weighted by Gasteiger charge is 1.99. The number of aromatic nitrogens is 5. The maximum absolute atomic E-state index is 5.50. The first-order chi connectivity index (χ1) is 7.74. The number of nitrogens with two attached hydrogens (primary N) is 1. The molecule has 0 bridgehead atoms. The van der Waals surface area contributed by atoms with Crippen LogP contribution in [0.4, 0.5) is 11.6 Å². The van der Waals surface area contributed by atoms with E-state index in [9.17, 15) is 0 Å². The molecule has 2 aromatic heterocycles. The summed E-state index contributed by atoms with van der Waals surface area (Å²) in [7, 11) is 1.84. The zero-order chi connectivity index (χ0) is 11.4. The average Bonchev–Trinajstić information content (AvgIpc) is 2.64. The summed E-state index contributed by atoms with van der Waals surface area (Å²) in [5.74, 6) is 1.86. The molecule has 2 heterocycles. The van der Waals surface area contributed by atoms with E-state index in [2.05, 4.69) is 25.4 Å². The Bertz CT molecular complexity index is 464. The van der Waals surface area contributed by atoms with Gasteiger partial charge >= 0.3 is 0 Å². The van der Waals surface area contributed by atoms with Crippen LogP contribution in [0, 0.1) is 0 Å². The molecule has 0 aromatic carbocycles. The van der Waals surface area contributed by atoms with Gasteiger partial charge in [0.2, 0.25) is 0 Å². The first kappa shape index (κ1) is 10.3. The summed E-state index contributed by atoms with van der Waals surface area (Å²) < 4.78 is 1.68. The van der Waals surface area contributed by atoms with Crippen molar-refractivity contribution in [1.29, 1.82) is 0 Å². The Morgan fingerprint density at radius 2 is 2.31 bits per heavy atom. The molecule has 0 aliphatic heterocycles. The minimum absolute atomic E-state index is 0.404. The second kappa shape index (κ2) is 4.56. The predicted octanol–water partition coefficient (Wildman–Crippen LogP) is -0.158. The molecule has 0 amide bonds. The maximum atomic E-state index is 5.50. The van der Waals surface area contributed by atoms with Gasteiger partial charge in [0.25, 0.3) is 0 Å². The monoisotopic (exact) mass is 219 g/mol. The van der Waals surface area contributed by atoms with E-state index in [1.807, 2.05) is 7.05 Å². The Labute approximate surface area is 92.7 Å². The number of hydrogen-bond acceptors (Lipinski definition) is 6. The third-order valence-electron chi connectivity index (χ3n) is 1.95. The summed E-state index contributed by atoms with van der Waals surface area (Å²) in [5.41, 5.74) is 5.50. The van der Waals surface area contributed by atoms with Gasteiger partial charge in [0, 0.05) is 20.0 Å². The molecule has 0 radical (unpaired) electrons. The molecule has 84 valence electrons. The molecule has 0 spiro atoms. The van der Waals surface area contributed by atoms with Crippen molar-refractivity contribution < 1.29 is 0 Å². The number of anilines is 2. The summed E-state index contributed by atoms with van der Waals surface area (Å²) in [6, 6.07) is 0. The molecule has 7 heteroatoms. The first-order valence-corrected chi connectivity index (χ1v) is 4.90. The zero-order valence-electron chi connectivity index (χ0n) is 8.96. The van der Waals surface area contributed by atoms with Crippen molar-refractivity contribution in [3.63, 3.8) is 0 Å². The lowest BCUT2D eigenvalue weighted by Crippen LogP contribution is -2.08. The smallest absolute Gasteiger partial charge is 0.152 e. The highest BCUT2D eigenvalue weighted by molar-refractivity contribution is 5.38. The number of nitrogens with one attached hydrogen (secondary N) is 1. The topological polar surface area (TPSA) is 94.5 Å². The van der Waals surface area contributed by atoms with E-state index in [-0.39, 0.29) is 0 Å². The zero-order valence-corrected chi connectivity index (χ0v) is 8.96. The third kappa shape index (κ3) is 2.66. The molecule has 0 aliphatic rings. The molecule has 0 aliphatic carbocycles. The van der Waals surface area contributed by atoms with Gasteiger partial charge < -0.3 is 11.1 Å². The van der Waals surface area contributed by atoms with Crippen LogP contribution in [0.2, 0.25) is 0 Å². The summed E-state index contributed by atoms with van der Waals surface area (Å²) in [5, 5.41) is 7.26. The Kier molecular flexibility index (Phi) is 2.95. The van der Waals surface area contributed by atoms with Gasteiger partial charge in [0.15, 0.2) is 5.82 Å². The largest absolute Gasteiger partial charge is 0.382 e. The lowest BCUT2D eigenvalue weighted by atomic mass is 10.4. The Morgan fingerprint density at radius 1 is 1.44 bits per heavy atom. The summed E-state index contributed by atoms with van der Waals surface area (Å²) in [6.07, 6.45) is 5.54. The molecule has 2 rings (SSSR count). The van der Waals surface area contributed by atoms with Crippen LogP contribution in [-0.2, 0) is 13.5 Å². The van der Waals surface area contributed by atoms with Crippen LogP contribution in [-0.4, -0.2) is 31.3 Å². The van der Waals surface area contributed by atoms with Gasteiger partial charge in [-0.05, 0) is 0 Å². The maximum Gasteiger partial charge on any atom is 0.152 e. The molecule has 0 unspecified atom stereocenters. The van der Waals surface area contributed by atoms with Gasteiger partial charge in [-0.25, -0.2) is 9.97 Å². The van der Waals surface area contributed by atoms with E-state index in [4.69, 9.17) is 5.73 Å². The van der Waals surface area contributed by atoms with E-state index < -0.39 is 0 Å². The number of nitrogens with zero attached hydrogens (tertiary/aromatic N) is 5. The van der Waals surface area contributed by atoms with Crippen LogP contribution in [0.25, 0.3) is 0 Å². The molecule has 0 saturated carbocycles. The average molecular weight is 219 g/mol. The molecule has 3 N–H and O–H groups in total. The van der Waals surface area contributed by atoms with E-state index in [1.165, 1.54) is 6.20 Å². The summed E-state index contributed by atoms with van der Waals surface area (Å²) in [4.78, 5) is 12.1. The molecule has 0 atom stereocenters. The van der Waals surface area contributed by atoms with Gasteiger partial charge in [-0.3, -0.25) is 9.67 Å². The first-order valence-electron chi connectivity index (χ1n) is 4.90. The molecular formula is C9H13N7. The number of hydrogen-bond donors (Lipinski definition) is 2. The number of rotatable bonds is 4. The standard InChI is InChI=1S/C9H13N7/c1-16-6-13-8(15-16)2-3-12-9-5-11-4-7(10)14-9/h4-6H,2-3H2,1H3,(H3,10,12,14). The summed E-state index contributed by atoms with van der Waals surface area (Å²) >= 11 is 0. The van der Waals surface area contributed by atoms with Crippen molar-refractivity contribution in [1.82, 2.24) is 24.7 Å². The predicted molar refractivity (Wildman–Crippen MR) is 59.6 cm³/mol. The van der Waals surface area contributed by atoms with Gasteiger partial charge in [-0.15, -0.1) is 0 Å². The van der Waals surface area contributed by atoms with E-state index in [0.29, 0.717) is 18.2 Å². The number of nitrogen functional groups attached to an aromatic ring is 1. The SMILES string of the molecule is Cn1cnc(CCNc2cncc(N)n2)n1. The van der Waals surface area contributed by atoms with Gasteiger partial charge in [-0.2, -0.15) is 5.10 Å². The van der Waals surface area contributed by atoms with Crippen LogP contribution < -0.4 is 11.1 Å². The van der Waals surface area contributed by atoms with Gasteiger partial charge in [-0.1, -0.05) is 0 Å². The molecular weight excluding hydrogens is 206 g/mol. The fourth-order valence-corrected chi connectivity index (χ4v) is 1.27. The van der Waals surface area contributed by atoms with E-state index in [0.717, 1.165) is 12.2 Å². The highest BCUT2D eigenvalue weighted by Crippen LogP contribution is 2.02. The molecule has 0 fully saturated rings. The van der Waals surface area contributed by atoms with Crippen LogP contribution in [0.5, 0.6) is 0 Å². The Morgan fingerprint density at radius 3 is 3.00 bits per heavy atom. The quantitative estimate of drug-likeness (QED) is 0.742. The van der Waals surface area contributed by atoms with E-state index >= 15 is 0 Å². The van der Waals surface area contributed by atoms with Crippen molar-refractivity contribution in [2.75, 3.05) is 17.6 Å². The third-order valence-corrected chi connectivity index (χ3v) is 1.95. The fraction of sp³-hybridized carbons (Fsp3) is 0.333. The highest BCUT2D eigenvalue weighted by atomic mass is 15.3. The lowest BCUT2D eigenvalue weighted by Gasteiger charge is -2.03. The van der Waals surface area contributed by atoms with Crippen molar-refractivity contribution >= 4 is 11.6 Å². The van der Waals surface area contributed by atoms with Crippen molar-refractivity contribution in [2.24, 2.45) is 7.05 Å². The molecule has 0 saturated heterocycles. The van der Waals surface area contributed by atoms with E-state index in [1.54, 1.807) is 17.2 Å². The van der Waals surface area contributed by atoms with Crippen molar-refractivity contribution in [3.8, 4) is 0 Å². The Balaban J connectivity index is 1.84. The number of aryl methyl sites for hydroxylation is 1. The molecule has 16 heavy (non-hydrogen) atoms. The molecule has 7 nitrogen and oxygen atoms in total. The lowest BCUT2D eigenvalue weighted by molar-refractivity contribution is 0.741. The second-order valence-corrected chi connectivity index (χ2v) is 3.34. The van der Waals surface area contributed by atoms with Crippen LogP contribution in [0.3, 0.4) is 0 Å². The Hall–Kier alpha value is -2.18. The minimum atomic E-state index is 0.404. The van der Waals surface area contributed by atoms with Crippen molar-refractivity contribution in [3.05, 3.63) is 24.5 Å². The summed E-state index contributed by atoms with van der Waals surface area (Å²) in [6.45, 7) is 0.697. The van der Waals surface area contributed by atoms with Crippen LogP contribution in [0.15, 0.2) is 18.7 Å². The van der Waals surface area contributed by atoms with Crippen molar-refractivity contribution in [2.45, 2.75) is 6.42 Å². The van der Waals surface area contributed by atoms with Crippen LogP contribution in [0.1, 0.15) is 5.82 Å². The fourth-order valence-electron chi connectivity index (χ4n) is 1.27. The minimum Gasteiger partial charge on any atom is -0.382 e. The second-order valence-electron chi connectivity index (χ2n) is 3.34. The van der Waals surface area contributed by atoms with Gasteiger partial charge in [0.05, 0.1) is 12.4 Å². The normalized spacial score (nSPS) is 10.3.